The Kier molecular flexibility index (Phi) is 27.7. The van der Waals surface area contributed by atoms with Gasteiger partial charge in [-0.3, -0.25) is 4.18 Å². The van der Waals surface area contributed by atoms with Crippen LogP contribution in [0.15, 0.2) is 0 Å². The Morgan fingerprint density at radius 3 is 1.08 bits per heavy atom. The molecule has 0 aromatic carbocycles. The summed E-state index contributed by atoms with van der Waals surface area (Å²) in [5.74, 6) is 0. The summed E-state index contributed by atoms with van der Waals surface area (Å²) in [6, 6.07) is 0. The number of rotatable bonds is 30. The van der Waals surface area contributed by atoms with Gasteiger partial charge in [-0.05, 0) is 19.3 Å². The summed E-state index contributed by atoms with van der Waals surface area (Å²) in [7, 11) is -4.06. The lowest BCUT2D eigenvalue weighted by Gasteiger charge is -2.10. The second-order valence-electron chi connectivity index (χ2n) is 11.0. The second-order valence-corrected chi connectivity index (χ2v) is 12.7. The van der Waals surface area contributed by atoms with Gasteiger partial charge in [0.15, 0.2) is 0 Å². The molecule has 0 N–H and O–H groups in total. The molecule has 0 rings (SSSR count). The van der Waals surface area contributed by atoms with Crippen LogP contribution in [0.1, 0.15) is 187 Å². The molecule has 0 aromatic heterocycles. The first-order valence-electron chi connectivity index (χ1n) is 16.1. The summed E-state index contributed by atoms with van der Waals surface area (Å²) < 4.78 is 43.0. The largest absolute Gasteiger partial charge is 0.299 e. The van der Waals surface area contributed by atoms with Crippen molar-refractivity contribution < 1.29 is 17.0 Å². The van der Waals surface area contributed by atoms with Crippen molar-refractivity contribution in [2.45, 2.75) is 193 Å². The predicted octanol–water partition coefficient (Wildman–Crippen LogP) is 11.2. The maximum absolute atomic E-state index is 14.1. The zero-order valence-corrected chi connectivity index (χ0v) is 25.2. The van der Waals surface area contributed by atoms with Crippen LogP contribution in [0.2, 0.25) is 0 Å². The van der Waals surface area contributed by atoms with E-state index in [4.69, 9.17) is 4.18 Å². The molecule has 0 fully saturated rings. The highest BCUT2D eigenvalue weighted by molar-refractivity contribution is 7.87. The van der Waals surface area contributed by atoms with Crippen LogP contribution in [0, 0.1) is 0 Å². The van der Waals surface area contributed by atoms with Crippen LogP contribution in [0.25, 0.3) is 0 Å². The molecule has 3 nitrogen and oxygen atoms in total. The molecule has 0 saturated heterocycles. The molecule has 0 aliphatic rings. The van der Waals surface area contributed by atoms with Crippen molar-refractivity contribution in [1.29, 1.82) is 0 Å². The average molecular weight is 535 g/mol. The Morgan fingerprint density at radius 2 is 0.750 bits per heavy atom. The molecule has 5 heteroatoms. The summed E-state index contributed by atoms with van der Waals surface area (Å²) in [6.07, 6.45) is 32.1. The van der Waals surface area contributed by atoms with Crippen LogP contribution in [-0.2, 0) is 14.3 Å². The standard InChI is InChI=1S/C31H63FO3S/c1-3-5-7-9-11-13-14-15-16-17-18-19-20-22-24-26-28-30-35-36(33,34)31(32)29-27-25-23-21-12-10-8-6-4-2/h31H,3-30H2,1-2H3. The van der Waals surface area contributed by atoms with Gasteiger partial charge in [0.25, 0.3) is 10.1 Å². The molecule has 0 saturated carbocycles. The van der Waals surface area contributed by atoms with Crippen molar-refractivity contribution in [2.24, 2.45) is 0 Å². The van der Waals surface area contributed by atoms with Crippen LogP contribution in [-0.4, -0.2) is 20.5 Å². The van der Waals surface area contributed by atoms with Gasteiger partial charge in [0.05, 0.1) is 6.61 Å². The van der Waals surface area contributed by atoms with Gasteiger partial charge in [0.1, 0.15) is 0 Å². The number of hydrogen-bond donors (Lipinski definition) is 0. The lowest BCUT2D eigenvalue weighted by atomic mass is 10.0. The first kappa shape index (κ1) is 35.8. The van der Waals surface area contributed by atoms with E-state index in [1.54, 1.807) is 0 Å². The Labute approximate surface area is 226 Å². The van der Waals surface area contributed by atoms with Gasteiger partial charge in [-0.15, -0.1) is 0 Å². The number of unbranched alkanes of at least 4 members (excludes halogenated alkanes) is 24. The van der Waals surface area contributed by atoms with E-state index in [1.165, 1.54) is 128 Å². The Bertz CT molecular complexity index is 524. The third kappa shape index (κ3) is 25.5. The van der Waals surface area contributed by atoms with E-state index in [9.17, 15) is 12.8 Å². The molecule has 0 heterocycles. The first-order chi connectivity index (χ1) is 17.5. The number of halogens is 1. The minimum absolute atomic E-state index is 0.0667. The van der Waals surface area contributed by atoms with Crippen LogP contribution in [0.5, 0.6) is 0 Å². The van der Waals surface area contributed by atoms with Gasteiger partial charge in [-0.25, -0.2) is 4.39 Å². The minimum atomic E-state index is -4.06. The van der Waals surface area contributed by atoms with Crippen molar-refractivity contribution in [3.05, 3.63) is 0 Å². The van der Waals surface area contributed by atoms with Crippen LogP contribution < -0.4 is 0 Å². The molecular formula is C31H63FO3S. The maximum atomic E-state index is 14.1. The van der Waals surface area contributed by atoms with E-state index in [0.717, 1.165) is 25.7 Å². The van der Waals surface area contributed by atoms with E-state index in [-0.39, 0.29) is 13.0 Å². The minimum Gasteiger partial charge on any atom is -0.268 e. The fraction of sp³-hybridized carbons (Fsp3) is 1.00. The van der Waals surface area contributed by atoms with Crippen molar-refractivity contribution in [2.75, 3.05) is 6.61 Å². The Hall–Kier alpha value is -0.160. The fourth-order valence-corrected chi connectivity index (χ4v) is 5.79. The monoisotopic (exact) mass is 534 g/mol. The molecular weight excluding hydrogens is 471 g/mol. The smallest absolute Gasteiger partial charge is 0.268 e. The lowest BCUT2D eigenvalue weighted by Crippen LogP contribution is -2.19. The highest BCUT2D eigenvalue weighted by Crippen LogP contribution is 2.18. The highest BCUT2D eigenvalue weighted by Gasteiger charge is 2.25. The van der Waals surface area contributed by atoms with Crippen LogP contribution in [0.4, 0.5) is 4.39 Å². The molecule has 0 spiro atoms. The summed E-state index contributed by atoms with van der Waals surface area (Å²) in [5, 5.41) is 0. The highest BCUT2D eigenvalue weighted by atomic mass is 32.2. The molecule has 0 amide bonds. The normalized spacial score (nSPS) is 12.9. The third-order valence-corrected chi connectivity index (χ3v) is 8.70. The Balaban J connectivity index is 3.40. The van der Waals surface area contributed by atoms with Crippen LogP contribution in [0.3, 0.4) is 0 Å². The summed E-state index contributed by atoms with van der Waals surface area (Å²) in [4.78, 5) is 0. The van der Waals surface area contributed by atoms with E-state index < -0.39 is 15.6 Å². The van der Waals surface area contributed by atoms with Crippen molar-refractivity contribution in [1.82, 2.24) is 0 Å². The van der Waals surface area contributed by atoms with Crippen molar-refractivity contribution >= 4 is 10.1 Å². The van der Waals surface area contributed by atoms with Gasteiger partial charge in [0, 0.05) is 0 Å². The fourth-order valence-electron chi connectivity index (χ4n) is 4.84. The van der Waals surface area contributed by atoms with E-state index >= 15 is 0 Å². The van der Waals surface area contributed by atoms with Gasteiger partial charge in [-0.1, -0.05) is 168 Å². The lowest BCUT2D eigenvalue weighted by molar-refractivity contribution is 0.270. The maximum Gasteiger partial charge on any atom is 0.299 e. The molecule has 218 valence electrons. The first-order valence-corrected chi connectivity index (χ1v) is 17.5. The predicted molar refractivity (Wildman–Crippen MR) is 156 cm³/mol. The molecule has 1 atom stereocenters. The molecule has 1 unspecified atom stereocenters. The third-order valence-electron chi connectivity index (χ3n) is 7.34. The number of hydrogen-bond acceptors (Lipinski definition) is 3. The Morgan fingerprint density at radius 1 is 0.472 bits per heavy atom. The topological polar surface area (TPSA) is 43.4 Å². The summed E-state index contributed by atoms with van der Waals surface area (Å²) >= 11 is 0. The van der Waals surface area contributed by atoms with E-state index in [2.05, 4.69) is 13.8 Å². The second kappa shape index (κ2) is 27.9. The van der Waals surface area contributed by atoms with Gasteiger partial charge < -0.3 is 0 Å². The molecule has 0 radical (unpaired) electrons. The zero-order valence-electron chi connectivity index (χ0n) is 24.4. The number of alkyl halides is 1. The van der Waals surface area contributed by atoms with Crippen molar-refractivity contribution in [3.63, 3.8) is 0 Å². The quantitative estimate of drug-likeness (QED) is 0.0679. The molecule has 36 heavy (non-hydrogen) atoms. The molecule has 0 aromatic rings. The van der Waals surface area contributed by atoms with E-state index in [1.807, 2.05) is 0 Å². The SMILES string of the molecule is CCCCCCCCCCCCCCCCCCCOS(=O)(=O)C(F)CCCCCCCCCCC. The summed E-state index contributed by atoms with van der Waals surface area (Å²) in [5.41, 5.74) is -1.87. The molecule has 0 aliphatic carbocycles. The van der Waals surface area contributed by atoms with E-state index in [0.29, 0.717) is 12.8 Å². The van der Waals surface area contributed by atoms with Crippen molar-refractivity contribution in [3.8, 4) is 0 Å². The van der Waals surface area contributed by atoms with Crippen LogP contribution >= 0.6 is 0 Å². The molecule has 0 aliphatic heterocycles. The summed E-state index contributed by atoms with van der Waals surface area (Å²) in [6.45, 7) is 4.61. The van der Waals surface area contributed by atoms with Gasteiger partial charge >= 0.3 is 0 Å². The molecule has 0 bridgehead atoms. The van der Waals surface area contributed by atoms with Gasteiger partial charge in [-0.2, -0.15) is 8.42 Å². The zero-order chi connectivity index (χ0) is 26.6. The van der Waals surface area contributed by atoms with Gasteiger partial charge in [0.2, 0.25) is 5.50 Å². The average Bonchev–Trinajstić information content (AvgIpc) is 2.86.